The van der Waals surface area contributed by atoms with Gasteiger partial charge in [0.05, 0.1) is 5.69 Å². The van der Waals surface area contributed by atoms with Crippen molar-refractivity contribution in [1.82, 2.24) is 15.4 Å². The van der Waals surface area contributed by atoms with E-state index in [4.69, 9.17) is 4.52 Å². The Bertz CT molecular complexity index is 933. The lowest BCUT2D eigenvalue weighted by Crippen LogP contribution is -2.44. The minimum absolute atomic E-state index is 0.00778. The second-order valence-electron chi connectivity index (χ2n) is 7.33. The van der Waals surface area contributed by atoms with E-state index >= 15 is 0 Å². The standard InChI is InChI=1S/C22H24FN3O2/c23-17-8-9-19-20(25-28-21(19)15-17)7-4-12-26-13-10-18(11-14-26)24-22(27)16-5-2-1-3-6-16/h1-3,5-6,8-9,15,18H,4,7,10-14H2,(H,24,27). The maximum atomic E-state index is 13.2. The summed E-state index contributed by atoms with van der Waals surface area (Å²) in [6.07, 6.45) is 3.71. The van der Waals surface area contributed by atoms with Gasteiger partial charge in [-0.1, -0.05) is 23.4 Å². The first-order valence-corrected chi connectivity index (χ1v) is 9.81. The number of nitrogens with zero attached hydrogens (tertiary/aromatic N) is 2. The average Bonchev–Trinajstić information content (AvgIpc) is 3.12. The number of aryl methyl sites for hydroxylation is 1. The lowest BCUT2D eigenvalue weighted by molar-refractivity contribution is 0.0911. The Morgan fingerprint density at radius 3 is 2.75 bits per heavy atom. The molecule has 1 fully saturated rings. The third-order valence-electron chi connectivity index (χ3n) is 5.36. The van der Waals surface area contributed by atoms with Crippen molar-refractivity contribution < 1.29 is 13.7 Å². The number of likely N-dealkylation sites (tertiary alicyclic amines) is 1. The van der Waals surface area contributed by atoms with E-state index in [0.29, 0.717) is 11.1 Å². The quantitative estimate of drug-likeness (QED) is 0.706. The van der Waals surface area contributed by atoms with Crippen LogP contribution in [-0.2, 0) is 6.42 Å². The predicted molar refractivity (Wildman–Crippen MR) is 106 cm³/mol. The van der Waals surface area contributed by atoms with Crippen LogP contribution >= 0.6 is 0 Å². The molecule has 1 aliphatic heterocycles. The maximum absolute atomic E-state index is 13.2. The molecule has 4 rings (SSSR count). The Kier molecular flexibility index (Phi) is 5.67. The first-order chi connectivity index (χ1) is 13.7. The lowest BCUT2D eigenvalue weighted by atomic mass is 10.0. The molecule has 1 aromatic heterocycles. The van der Waals surface area contributed by atoms with Crippen LogP contribution in [0.15, 0.2) is 53.1 Å². The van der Waals surface area contributed by atoms with E-state index in [-0.39, 0.29) is 17.8 Å². The lowest BCUT2D eigenvalue weighted by Gasteiger charge is -2.32. The molecule has 1 aliphatic rings. The van der Waals surface area contributed by atoms with Crippen molar-refractivity contribution in [3.63, 3.8) is 0 Å². The molecule has 1 amide bonds. The molecule has 2 heterocycles. The Morgan fingerprint density at radius 2 is 1.96 bits per heavy atom. The van der Waals surface area contributed by atoms with Gasteiger partial charge in [0.25, 0.3) is 5.91 Å². The molecule has 0 saturated carbocycles. The molecule has 0 radical (unpaired) electrons. The average molecular weight is 381 g/mol. The van der Waals surface area contributed by atoms with Crippen LogP contribution in [-0.4, -0.2) is 41.6 Å². The van der Waals surface area contributed by atoms with Crippen LogP contribution in [0.1, 0.15) is 35.3 Å². The fourth-order valence-electron chi connectivity index (χ4n) is 3.77. The zero-order valence-corrected chi connectivity index (χ0v) is 15.7. The zero-order chi connectivity index (χ0) is 19.3. The second-order valence-corrected chi connectivity index (χ2v) is 7.33. The summed E-state index contributed by atoms with van der Waals surface area (Å²) in [5, 5.41) is 8.12. The fourth-order valence-corrected chi connectivity index (χ4v) is 3.77. The van der Waals surface area contributed by atoms with Crippen molar-refractivity contribution in [3.05, 3.63) is 65.6 Å². The summed E-state index contributed by atoms with van der Waals surface area (Å²) < 4.78 is 18.4. The van der Waals surface area contributed by atoms with Crippen LogP contribution in [0.3, 0.4) is 0 Å². The summed E-state index contributed by atoms with van der Waals surface area (Å²) in [5.74, 6) is -0.300. The Labute approximate surface area is 163 Å². The monoisotopic (exact) mass is 381 g/mol. The van der Waals surface area contributed by atoms with E-state index in [1.54, 1.807) is 6.07 Å². The minimum Gasteiger partial charge on any atom is -0.356 e. The summed E-state index contributed by atoms with van der Waals surface area (Å²) in [7, 11) is 0. The molecule has 0 aliphatic carbocycles. The topological polar surface area (TPSA) is 58.4 Å². The molecular formula is C22H24FN3O2. The van der Waals surface area contributed by atoms with Crippen molar-refractivity contribution in [2.24, 2.45) is 0 Å². The summed E-state index contributed by atoms with van der Waals surface area (Å²) >= 11 is 0. The fraction of sp³-hybridized carbons (Fsp3) is 0.364. The van der Waals surface area contributed by atoms with Gasteiger partial charge in [-0.2, -0.15) is 0 Å². The molecule has 2 aromatic carbocycles. The van der Waals surface area contributed by atoms with Crippen molar-refractivity contribution >= 4 is 16.9 Å². The van der Waals surface area contributed by atoms with E-state index in [0.717, 1.165) is 56.4 Å². The highest BCUT2D eigenvalue weighted by Gasteiger charge is 2.21. The van der Waals surface area contributed by atoms with E-state index in [2.05, 4.69) is 15.4 Å². The molecule has 0 bridgehead atoms. The second kappa shape index (κ2) is 8.52. The molecule has 0 atom stereocenters. The highest BCUT2D eigenvalue weighted by Crippen LogP contribution is 2.21. The van der Waals surface area contributed by atoms with Crippen molar-refractivity contribution in [2.45, 2.75) is 31.7 Å². The highest BCUT2D eigenvalue weighted by molar-refractivity contribution is 5.94. The number of carbonyl (C=O) groups excluding carboxylic acids is 1. The van der Waals surface area contributed by atoms with Crippen LogP contribution in [0.4, 0.5) is 4.39 Å². The van der Waals surface area contributed by atoms with Gasteiger partial charge in [0.2, 0.25) is 0 Å². The highest BCUT2D eigenvalue weighted by atomic mass is 19.1. The van der Waals surface area contributed by atoms with Crippen molar-refractivity contribution in [1.29, 1.82) is 0 Å². The maximum Gasteiger partial charge on any atom is 0.251 e. The smallest absolute Gasteiger partial charge is 0.251 e. The van der Waals surface area contributed by atoms with Gasteiger partial charge in [0.15, 0.2) is 5.58 Å². The summed E-state index contributed by atoms with van der Waals surface area (Å²) in [5.41, 5.74) is 2.11. The van der Waals surface area contributed by atoms with Crippen LogP contribution in [0.5, 0.6) is 0 Å². The van der Waals surface area contributed by atoms with Gasteiger partial charge in [0, 0.05) is 36.1 Å². The molecule has 6 heteroatoms. The van der Waals surface area contributed by atoms with Gasteiger partial charge in [0.1, 0.15) is 5.82 Å². The van der Waals surface area contributed by atoms with Crippen LogP contribution in [0.25, 0.3) is 11.0 Å². The van der Waals surface area contributed by atoms with E-state index < -0.39 is 0 Å². The third kappa shape index (κ3) is 4.39. The zero-order valence-electron chi connectivity index (χ0n) is 15.7. The van der Waals surface area contributed by atoms with Gasteiger partial charge in [-0.05, 0) is 56.5 Å². The number of benzene rings is 2. The number of fused-ring (bicyclic) bond motifs is 1. The SMILES string of the molecule is O=C(NC1CCN(CCCc2noc3cc(F)ccc23)CC1)c1ccccc1. The van der Waals surface area contributed by atoms with Gasteiger partial charge in [-0.3, -0.25) is 4.79 Å². The molecule has 5 nitrogen and oxygen atoms in total. The molecular weight excluding hydrogens is 357 g/mol. The number of aromatic nitrogens is 1. The number of amides is 1. The molecule has 1 N–H and O–H groups in total. The Morgan fingerprint density at radius 1 is 1.18 bits per heavy atom. The number of carbonyl (C=O) groups is 1. The summed E-state index contributed by atoms with van der Waals surface area (Å²) in [6, 6.07) is 14.1. The van der Waals surface area contributed by atoms with E-state index in [1.165, 1.54) is 12.1 Å². The minimum atomic E-state index is -0.308. The molecule has 1 saturated heterocycles. The van der Waals surface area contributed by atoms with Gasteiger partial charge < -0.3 is 14.7 Å². The predicted octanol–water partition coefficient (Wildman–Crippen LogP) is 3.79. The number of hydrogen-bond acceptors (Lipinski definition) is 4. The van der Waals surface area contributed by atoms with Crippen molar-refractivity contribution in [3.8, 4) is 0 Å². The molecule has 146 valence electrons. The van der Waals surface area contributed by atoms with Gasteiger partial charge in [-0.25, -0.2) is 4.39 Å². The molecule has 0 unspecified atom stereocenters. The number of rotatable bonds is 6. The summed E-state index contributed by atoms with van der Waals surface area (Å²) in [4.78, 5) is 14.7. The number of nitrogens with one attached hydrogen (secondary N) is 1. The molecule has 28 heavy (non-hydrogen) atoms. The summed E-state index contributed by atoms with van der Waals surface area (Å²) in [6.45, 7) is 2.93. The third-order valence-corrected chi connectivity index (χ3v) is 5.36. The number of piperidine rings is 1. The number of hydrogen-bond donors (Lipinski definition) is 1. The molecule has 0 spiro atoms. The number of halogens is 1. The first-order valence-electron chi connectivity index (χ1n) is 9.81. The molecule has 3 aromatic rings. The Balaban J connectivity index is 1.21. The largest absolute Gasteiger partial charge is 0.356 e. The van der Waals surface area contributed by atoms with Gasteiger partial charge >= 0.3 is 0 Å². The van der Waals surface area contributed by atoms with Gasteiger partial charge in [-0.15, -0.1) is 0 Å². The first kappa shape index (κ1) is 18.6. The van der Waals surface area contributed by atoms with Crippen molar-refractivity contribution in [2.75, 3.05) is 19.6 Å². The van der Waals surface area contributed by atoms with E-state index in [1.807, 2.05) is 30.3 Å². The normalized spacial score (nSPS) is 15.8. The Hall–Kier alpha value is -2.73. The van der Waals surface area contributed by atoms with Crippen LogP contribution in [0.2, 0.25) is 0 Å². The van der Waals surface area contributed by atoms with Crippen LogP contribution in [0, 0.1) is 5.82 Å². The van der Waals surface area contributed by atoms with Crippen LogP contribution < -0.4 is 5.32 Å². The van der Waals surface area contributed by atoms with E-state index in [9.17, 15) is 9.18 Å².